The number of imidazole rings is 1. The average Bonchev–Trinajstić information content (AvgIpc) is 3.53. The molecule has 0 aliphatic heterocycles. The maximum absolute atomic E-state index is 6.06. The van der Waals surface area contributed by atoms with Gasteiger partial charge in [-0.25, -0.2) is 0 Å². The van der Waals surface area contributed by atoms with Gasteiger partial charge in [-0.15, -0.1) is 23.8 Å². The van der Waals surface area contributed by atoms with Crippen molar-refractivity contribution >= 4 is 21.9 Å². The van der Waals surface area contributed by atoms with Crippen molar-refractivity contribution in [1.82, 2.24) is 9.55 Å². The normalized spacial score (nSPS) is 11.5. The van der Waals surface area contributed by atoms with E-state index in [-0.39, 0.29) is 20.1 Å². The minimum absolute atomic E-state index is 0. The summed E-state index contributed by atoms with van der Waals surface area (Å²) in [6.45, 7) is 9.17. The SMILES string of the molecule is CC(C)Cc1cc(-c2ccccc2)cc(CC(C)C)c1-n1ccnc1-c1[c-]cc2oc3ccccc3c2c1.[Ir]. The largest absolute Gasteiger partial charge is 0.500 e. The van der Waals surface area contributed by atoms with E-state index in [1.54, 1.807) is 0 Å². The Labute approximate surface area is 244 Å². The van der Waals surface area contributed by atoms with Crippen molar-refractivity contribution < 1.29 is 24.5 Å². The van der Waals surface area contributed by atoms with Crippen LogP contribution in [0.3, 0.4) is 0 Å². The molecule has 39 heavy (non-hydrogen) atoms. The van der Waals surface area contributed by atoms with Crippen molar-refractivity contribution in [2.75, 3.05) is 0 Å². The average molecular weight is 690 g/mol. The Kier molecular flexibility index (Phi) is 7.88. The predicted molar refractivity (Wildman–Crippen MR) is 158 cm³/mol. The molecular weight excluding hydrogens is 657 g/mol. The van der Waals surface area contributed by atoms with Gasteiger partial charge in [0.05, 0.1) is 11.4 Å². The van der Waals surface area contributed by atoms with Crippen LogP contribution >= 0.6 is 0 Å². The van der Waals surface area contributed by atoms with E-state index < -0.39 is 0 Å². The van der Waals surface area contributed by atoms with Crippen LogP contribution in [-0.4, -0.2) is 9.55 Å². The molecule has 0 aliphatic carbocycles. The Bertz CT molecular complexity index is 1700. The quantitative estimate of drug-likeness (QED) is 0.157. The molecule has 6 rings (SSSR count). The molecule has 2 heterocycles. The van der Waals surface area contributed by atoms with Crippen molar-refractivity contribution in [3.8, 4) is 28.2 Å². The van der Waals surface area contributed by atoms with Crippen LogP contribution in [0.15, 0.2) is 95.7 Å². The number of rotatable bonds is 7. The summed E-state index contributed by atoms with van der Waals surface area (Å²) in [5, 5.41) is 2.21. The second kappa shape index (κ2) is 11.3. The van der Waals surface area contributed by atoms with E-state index in [2.05, 4.69) is 105 Å². The summed E-state index contributed by atoms with van der Waals surface area (Å²) < 4.78 is 8.34. The number of hydrogen-bond donors (Lipinski definition) is 0. The number of fused-ring (bicyclic) bond motifs is 3. The first kappa shape index (κ1) is 27.1. The van der Waals surface area contributed by atoms with Gasteiger partial charge in [-0.1, -0.05) is 81.6 Å². The molecule has 199 valence electrons. The summed E-state index contributed by atoms with van der Waals surface area (Å²) >= 11 is 0. The van der Waals surface area contributed by atoms with E-state index in [1.165, 1.54) is 27.9 Å². The summed E-state index contributed by atoms with van der Waals surface area (Å²) in [6, 6.07) is 31.3. The van der Waals surface area contributed by atoms with Crippen molar-refractivity contribution in [2.45, 2.75) is 40.5 Å². The van der Waals surface area contributed by atoms with Gasteiger partial charge < -0.3 is 8.98 Å². The van der Waals surface area contributed by atoms with Crippen molar-refractivity contribution in [1.29, 1.82) is 0 Å². The first-order valence-electron chi connectivity index (χ1n) is 13.6. The van der Waals surface area contributed by atoms with Crippen LogP contribution in [0.1, 0.15) is 38.8 Å². The maximum Gasteiger partial charge on any atom is 0.120 e. The molecule has 0 bridgehead atoms. The molecule has 0 saturated carbocycles. The van der Waals surface area contributed by atoms with E-state index in [9.17, 15) is 0 Å². The molecule has 0 spiro atoms. The maximum atomic E-state index is 6.06. The molecule has 4 aromatic carbocycles. The van der Waals surface area contributed by atoms with Crippen LogP contribution in [0.25, 0.3) is 50.1 Å². The predicted octanol–water partition coefficient (Wildman–Crippen LogP) is 9.30. The minimum atomic E-state index is 0. The Morgan fingerprint density at radius 2 is 1.44 bits per heavy atom. The van der Waals surface area contributed by atoms with Crippen LogP contribution in [0.2, 0.25) is 0 Å². The van der Waals surface area contributed by atoms with E-state index in [0.717, 1.165) is 46.2 Å². The van der Waals surface area contributed by atoms with Gasteiger partial charge in [-0.3, -0.25) is 4.98 Å². The van der Waals surface area contributed by atoms with Gasteiger partial charge >= 0.3 is 0 Å². The number of furan rings is 1. The Balaban J connectivity index is 0.00000308. The number of para-hydroxylation sites is 1. The Morgan fingerprint density at radius 3 is 2.13 bits per heavy atom. The van der Waals surface area contributed by atoms with E-state index in [4.69, 9.17) is 9.40 Å². The zero-order chi connectivity index (χ0) is 26.2. The molecule has 6 aromatic rings. The van der Waals surface area contributed by atoms with Crippen molar-refractivity contribution in [3.05, 3.63) is 108 Å². The Hall–Kier alpha value is -3.46. The van der Waals surface area contributed by atoms with Gasteiger partial charge in [0, 0.05) is 43.6 Å². The molecule has 1 radical (unpaired) electrons. The molecule has 0 aliphatic rings. The summed E-state index contributed by atoms with van der Waals surface area (Å²) in [4.78, 5) is 4.86. The van der Waals surface area contributed by atoms with Crippen LogP contribution in [-0.2, 0) is 32.9 Å². The molecule has 0 amide bonds. The summed E-state index contributed by atoms with van der Waals surface area (Å²) in [7, 11) is 0. The van der Waals surface area contributed by atoms with E-state index in [1.807, 2.05) is 24.4 Å². The Morgan fingerprint density at radius 1 is 0.769 bits per heavy atom. The van der Waals surface area contributed by atoms with E-state index >= 15 is 0 Å². The first-order chi connectivity index (χ1) is 18.5. The van der Waals surface area contributed by atoms with Gasteiger partial charge in [0.15, 0.2) is 0 Å². The fraction of sp³-hybridized carbons (Fsp3) is 0.229. The molecule has 0 N–H and O–H groups in total. The molecule has 0 saturated heterocycles. The molecular formula is C35H33IrN2O-. The number of nitrogens with zero attached hydrogens (tertiary/aromatic N) is 2. The molecule has 0 atom stereocenters. The molecule has 3 nitrogen and oxygen atoms in total. The first-order valence-corrected chi connectivity index (χ1v) is 13.6. The second-order valence-electron chi connectivity index (χ2n) is 11.0. The van der Waals surface area contributed by atoms with E-state index in [0.29, 0.717) is 11.8 Å². The fourth-order valence-electron chi connectivity index (χ4n) is 5.54. The minimum Gasteiger partial charge on any atom is -0.500 e. The van der Waals surface area contributed by atoms with Crippen LogP contribution < -0.4 is 0 Å². The second-order valence-corrected chi connectivity index (χ2v) is 11.0. The third-order valence-electron chi connectivity index (χ3n) is 7.06. The zero-order valence-electron chi connectivity index (χ0n) is 22.9. The van der Waals surface area contributed by atoms with Crippen LogP contribution in [0.4, 0.5) is 0 Å². The molecule has 4 heteroatoms. The molecule has 0 fully saturated rings. The molecule has 2 aromatic heterocycles. The van der Waals surface area contributed by atoms with Crippen LogP contribution in [0.5, 0.6) is 0 Å². The smallest absolute Gasteiger partial charge is 0.120 e. The third kappa shape index (κ3) is 5.37. The summed E-state index contributed by atoms with van der Waals surface area (Å²) in [6.07, 6.45) is 6.00. The number of aromatic nitrogens is 2. The van der Waals surface area contributed by atoms with Crippen molar-refractivity contribution in [2.24, 2.45) is 11.8 Å². The van der Waals surface area contributed by atoms with Gasteiger partial charge in [0.2, 0.25) is 0 Å². The zero-order valence-corrected chi connectivity index (χ0v) is 25.3. The fourth-order valence-corrected chi connectivity index (χ4v) is 5.54. The topological polar surface area (TPSA) is 31.0 Å². The number of benzene rings is 4. The summed E-state index contributed by atoms with van der Waals surface area (Å²) in [5.41, 5.74) is 9.20. The standard InChI is InChI=1S/C35H33N2O.Ir/c1-23(2)18-28-20-27(25-10-6-5-7-11-25)21-29(19-24(3)4)34(28)37-17-16-36-35(37)26-14-15-33-31(22-26)30-12-8-9-13-32(30)38-33;/h5-13,15-17,20-24H,18-19H2,1-4H3;/q-1;. The van der Waals surface area contributed by atoms with Crippen molar-refractivity contribution in [3.63, 3.8) is 0 Å². The van der Waals surface area contributed by atoms with Gasteiger partial charge in [-0.2, -0.15) is 0 Å². The van der Waals surface area contributed by atoms with Gasteiger partial charge in [0.1, 0.15) is 5.58 Å². The molecule has 0 unspecified atom stereocenters. The van der Waals surface area contributed by atoms with Gasteiger partial charge in [0.25, 0.3) is 0 Å². The number of hydrogen-bond acceptors (Lipinski definition) is 2. The van der Waals surface area contributed by atoms with Gasteiger partial charge in [-0.05, 0) is 65.1 Å². The third-order valence-corrected chi connectivity index (χ3v) is 7.06. The monoisotopic (exact) mass is 690 g/mol. The summed E-state index contributed by atoms with van der Waals surface area (Å²) in [5.74, 6) is 1.96. The van der Waals surface area contributed by atoms with Crippen LogP contribution in [0, 0.1) is 17.9 Å².